The Bertz CT molecular complexity index is 461. The van der Waals surface area contributed by atoms with Crippen molar-refractivity contribution in [2.24, 2.45) is 5.92 Å². The van der Waals surface area contributed by atoms with Crippen LogP contribution < -0.4 is 0 Å². The molecule has 0 bridgehead atoms. The van der Waals surface area contributed by atoms with Crippen LogP contribution in [0, 0.1) is 11.7 Å². The smallest absolute Gasteiger partial charge is 0.335 e. The molecular weight excluding hydrogens is 233 g/mol. The normalized spacial score (nSPS) is 24.4. The third-order valence-corrected chi connectivity index (χ3v) is 3.58. The van der Waals surface area contributed by atoms with Crippen molar-refractivity contribution in [2.45, 2.75) is 32.9 Å². The lowest BCUT2D eigenvalue weighted by molar-refractivity contribution is 0.0696. The number of hydrogen-bond acceptors (Lipinski definition) is 2. The summed E-state index contributed by atoms with van der Waals surface area (Å²) in [6.07, 6.45) is 1.11. The highest BCUT2D eigenvalue weighted by Gasteiger charge is 2.26. The van der Waals surface area contributed by atoms with Gasteiger partial charge in [-0.1, -0.05) is 6.92 Å². The first kappa shape index (κ1) is 13.0. The first-order valence-electron chi connectivity index (χ1n) is 6.23. The van der Waals surface area contributed by atoms with E-state index in [0.717, 1.165) is 13.0 Å². The van der Waals surface area contributed by atoms with Gasteiger partial charge in [0.05, 0.1) is 5.56 Å². The first-order valence-corrected chi connectivity index (χ1v) is 6.23. The van der Waals surface area contributed by atoms with Crippen molar-refractivity contribution in [1.29, 1.82) is 0 Å². The van der Waals surface area contributed by atoms with Crippen LogP contribution >= 0.6 is 0 Å². The molecule has 1 heterocycles. The highest BCUT2D eigenvalue weighted by molar-refractivity contribution is 5.87. The van der Waals surface area contributed by atoms with Crippen molar-refractivity contribution in [3.8, 4) is 0 Å². The molecule has 1 N–H and O–H groups in total. The molecule has 98 valence electrons. The van der Waals surface area contributed by atoms with E-state index < -0.39 is 5.97 Å². The zero-order valence-corrected chi connectivity index (χ0v) is 10.7. The molecule has 1 aromatic carbocycles. The lowest BCUT2D eigenvalue weighted by Gasteiger charge is -2.21. The quantitative estimate of drug-likeness (QED) is 0.898. The van der Waals surface area contributed by atoms with Gasteiger partial charge in [-0.2, -0.15) is 0 Å². The standard InChI is InChI=1S/C14H18FNO2/c1-9-5-10(2)16(7-9)8-12-6-11(14(17)18)3-4-13(12)15/h3-4,6,9-10H,5,7-8H2,1-2H3,(H,17,18). The van der Waals surface area contributed by atoms with E-state index in [2.05, 4.69) is 18.7 Å². The number of rotatable bonds is 3. The number of carboxylic acid groups (broad SMARTS) is 1. The maximum absolute atomic E-state index is 13.7. The minimum atomic E-state index is -1.01. The second-order valence-corrected chi connectivity index (χ2v) is 5.23. The van der Waals surface area contributed by atoms with Crippen LogP contribution in [0.4, 0.5) is 4.39 Å². The van der Waals surface area contributed by atoms with Gasteiger partial charge in [0.15, 0.2) is 0 Å². The predicted molar refractivity (Wildman–Crippen MR) is 67.0 cm³/mol. The maximum atomic E-state index is 13.7. The van der Waals surface area contributed by atoms with Gasteiger partial charge in [-0.05, 0) is 37.5 Å². The molecule has 1 aliphatic rings. The van der Waals surface area contributed by atoms with Crippen LogP contribution in [-0.2, 0) is 6.54 Å². The van der Waals surface area contributed by atoms with E-state index >= 15 is 0 Å². The van der Waals surface area contributed by atoms with E-state index in [1.165, 1.54) is 18.2 Å². The molecule has 0 aromatic heterocycles. The van der Waals surface area contributed by atoms with E-state index in [-0.39, 0.29) is 11.4 Å². The molecule has 2 rings (SSSR count). The Labute approximate surface area is 106 Å². The summed E-state index contributed by atoms with van der Waals surface area (Å²) < 4.78 is 13.7. The lowest BCUT2D eigenvalue weighted by atomic mass is 10.1. The Morgan fingerprint density at radius 1 is 1.50 bits per heavy atom. The zero-order chi connectivity index (χ0) is 13.3. The number of carbonyl (C=O) groups is 1. The molecule has 0 aliphatic carbocycles. The zero-order valence-electron chi connectivity index (χ0n) is 10.7. The Morgan fingerprint density at radius 3 is 2.78 bits per heavy atom. The van der Waals surface area contributed by atoms with Gasteiger partial charge in [-0.25, -0.2) is 9.18 Å². The molecule has 1 saturated heterocycles. The van der Waals surface area contributed by atoms with Gasteiger partial charge in [-0.15, -0.1) is 0 Å². The molecule has 18 heavy (non-hydrogen) atoms. The summed E-state index contributed by atoms with van der Waals surface area (Å²) in [4.78, 5) is 13.1. The van der Waals surface area contributed by atoms with Gasteiger partial charge in [0.1, 0.15) is 5.82 Å². The summed E-state index contributed by atoms with van der Waals surface area (Å²) in [6.45, 7) is 5.74. The van der Waals surface area contributed by atoms with Crippen molar-refractivity contribution in [3.05, 3.63) is 35.1 Å². The van der Waals surface area contributed by atoms with Crippen molar-refractivity contribution in [1.82, 2.24) is 4.90 Å². The summed E-state index contributed by atoms with van der Waals surface area (Å²) >= 11 is 0. The Balaban J connectivity index is 2.18. The molecule has 0 radical (unpaired) electrons. The molecule has 0 saturated carbocycles. The molecule has 0 amide bonds. The van der Waals surface area contributed by atoms with Crippen LogP contribution in [0.25, 0.3) is 0 Å². The Morgan fingerprint density at radius 2 is 2.22 bits per heavy atom. The summed E-state index contributed by atoms with van der Waals surface area (Å²) in [5.74, 6) is -0.725. The minimum absolute atomic E-state index is 0.145. The average molecular weight is 251 g/mol. The highest BCUT2D eigenvalue weighted by atomic mass is 19.1. The molecule has 0 spiro atoms. The predicted octanol–water partition coefficient (Wildman–Crippen LogP) is 2.75. The van der Waals surface area contributed by atoms with Crippen LogP contribution in [-0.4, -0.2) is 28.6 Å². The Hall–Kier alpha value is -1.42. The van der Waals surface area contributed by atoms with Gasteiger partial charge in [0.2, 0.25) is 0 Å². The number of benzene rings is 1. The number of halogens is 1. The third kappa shape index (κ3) is 2.70. The molecule has 2 atom stereocenters. The fraction of sp³-hybridized carbons (Fsp3) is 0.500. The van der Waals surface area contributed by atoms with Crippen molar-refractivity contribution < 1.29 is 14.3 Å². The second kappa shape index (κ2) is 5.06. The molecular formula is C14H18FNO2. The topological polar surface area (TPSA) is 40.5 Å². The average Bonchev–Trinajstić information content (AvgIpc) is 2.60. The van der Waals surface area contributed by atoms with Crippen molar-refractivity contribution >= 4 is 5.97 Å². The monoisotopic (exact) mass is 251 g/mol. The van der Waals surface area contributed by atoms with Crippen LogP contribution in [0.3, 0.4) is 0 Å². The minimum Gasteiger partial charge on any atom is -0.478 e. The van der Waals surface area contributed by atoms with E-state index in [1.54, 1.807) is 0 Å². The molecule has 1 aliphatic heterocycles. The molecule has 1 fully saturated rings. The van der Waals surface area contributed by atoms with Crippen LogP contribution in [0.15, 0.2) is 18.2 Å². The molecule has 1 aromatic rings. The Kier molecular flexibility index (Phi) is 3.66. The van der Waals surface area contributed by atoms with Crippen molar-refractivity contribution in [2.75, 3.05) is 6.54 Å². The summed E-state index contributed by atoms with van der Waals surface area (Å²) in [5.41, 5.74) is 0.613. The maximum Gasteiger partial charge on any atom is 0.335 e. The van der Waals surface area contributed by atoms with E-state index in [1.807, 2.05) is 0 Å². The fourth-order valence-electron chi connectivity index (χ4n) is 2.65. The number of hydrogen-bond donors (Lipinski definition) is 1. The van der Waals surface area contributed by atoms with Gasteiger partial charge < -0.3 is 5.11 Å². The SMILES string of the molecule is CC1CC(C)N(Cc2cc(C(=O)O)ccc2F)C1. The van der Waals surface area contributed by atoms with Crippen LogP contribution in [0.1, 0.15) is 36.2 Å². The summed E-state index contributed by atoms with van der Waals surface area (Å²) in [5, 5.41) is 8.92. The lowest BCUT2D eigenvalue weighted by Crippen LogP contribution is -2.27. The number of nitrogens with zero attached hydrogens (tertiary/aromatic N) is 1. The number of likely N-dealkylation sites (tertiary alicyclic amines) is 1. The van der Waals surface area contributed by atoms with E-state index in [0.29, 0.717) is 24.1 Å². The van der Waals surface area contributed by atoms with Crippen LogP contribution in [0.5, 0.6) is 0 Å². The van der Waals surface area contributed by atoms with E-state index in [4.69, 9.17) is 5.11 Å². The number of carboxylic acids is 1. The summed E-state index contributed by atoms with van der Waals surface area (Å²) in [7, 11) is 0. The molecule has 3 nitrogen and oxygen atoms in total. The van der Waals surface area contributed by atoms with Gasteiger partial charge in [-0.3, -0.25) is 4.90 Å². The third-order valence-electron chi connectivity index (χ3n) is 3.58. The highest BCUT2D eigenvalue weighted by Crippen LogP contribution is 2.25. The number of aromatic carboxylic acids is 1. The van der Waals surface area contributed by atoms with Gasteiger partial charge in [0, 0.05) is 24.7 Å². The summed E-state index contributed by atoms with van der Waals surface area (Å²) in [6, 6.07) is 4.40. The van der Waals surface area contributed by atoms with Gasteiger partial charge in [0.25, 0.3) is 0 Å². The second-order valence-electron chi connectivity index (χ2n) is 5.23. The largest absolute Gasteiger partial charge is 0.478 e. The van der Waals surface area contributed by atoms with Crippen molar-refractivity contribution in [3.63, 3.8) is 0 Å². The van der Waals surface area contributed by atoms with E-state index in [9.17, 15) is 9.18 Å². The van der Waals surface area contributed by atoms with Gasteiger partial charge >= 0.3 is 5.97 Å². The first-order chi connectivity index (χ1) is 8.47. The molecule has 2 unspecified atom stereocenters. The van der Waals surface area contributed by atoms with Crippen LogP contribution in [0.2, 0.25) is 0 Å². The molecule has 4 heteroatoms. The fourth-order valence-corrected chi connectivity index (χ4v) is 2.65.